The van der Waals surface area contributed by atoms with Gasteiger partial charge in [-0.2, -0.15) is 0 Å². The number of rotatable bonds is 3. The van der Waals surface area contributed by atoms with Crippen LogP contribution >= 0.6 is 0 Å². The molecule has 1 N–H and O–H groups in total. The van der Waals surface area contributed by atoms with E-state index in [1.807, 2.05) is 0 Å². The van der Waals surface area contributed by atoms with Crippen LogP contribution in [0.3, 0.4) is 0 Å². The normalized spacial score (nSPS) is 39.7. The summed E-state index contributed by atoms with van der Waals surface area (Å²) < 4.78 is 22.9. The van der Waals surface area contributed by atoms with Crippen molar-refractivity contribution in [1.29, 1.82) is 0 Å². The van der Waals surface area contributed by atoms with Gasteiger partial charge in [0.25, 0.3) is 0 Å². The summed E-state index contributed by atoms with van der Waals surface area (Å²) in [6.45, 7) is 3.13. The van der Waals surface area contributed by atoms with E-state index in [4.69, 9.17) is 0 Å². The zero-order valence-electron chi connectivity index (χ0n) is 9.41. The lowest BCUT2D eigenvalue weighted by molar-refractivity contribution is 0.304. The first-order chi connectivity index (χ1) is 7.12. The Morgan fingerprint density at radius 3 is 2.67 bits per heavy atom. The van der Waals surface area contributed by atoms with Crippen molar-refractivity contribution in [3.8, 4) is 0 Å². The maximum Gasteiger partial charge on any atom is 0.150 e. The predicted octanol–water partition coefficient (Wildman–Crippen LogP) is 1.20. The van der Waals surface area contributed by atoms with Gasteiger partial charge in [-0.15, -0.1) is 0 Å². The van der Waals surface area contributed by atoms with Gasteiger partial charge in [0.2, 0.25) is 0 Å². The summed E-state index contributed by atoms with van der Waals surface area (Å²) in [6, 6.07) is 0.577. The molecule has 2 fully saturated rings. The van der Waals surface area contributed by atoms with Gasteiger partial charge in [-0.3, -0.25) is 0 Å². The van der Waals surface area contributed by atoms with Crippen LogP contribution in [0.1, 0.15) is 32.6 Å². The predicted molar refractivity (Wildman–Crippen MR) is 61.6 cm³/mol. The maximum absolute atomic E-state index is 11.4. The van der Waals surface area contributed by atoms with Crippen molar-refractivity contribution in [1.82, 2.24) is 5.32 Å². The highest BCUT2D eigenvalue weighted by Gasteiger charge is 2.39. The van der Waals surface area contributed by atoms with Crippen LogP contribution in [0.2, 0.25) is 0 Å². The summed E-state index contributed by atoms with van der Waals surface area (Å²) >= 11 is 0. The first kappa shape index (κ1) is 11.4. The molecule has 1 aliphatic carbocycles. The summed E-state index contributed by atoms with van der Waals surface area (Å²) in [4.78, 5) is 0. The third-order valence-corrected chi connectivity index (χ3v) is 5.70. The van der Waals surface area contributed by atoms with Gasteiger partial charge in [0.1, 0.15) is 0 Å². The Morgan fingerprint density at radius 2 is 2.07 bits per heavy atom. The summed E-state index contributed by atoms with van der Waals surface area (Å²) in [5.74, 6) is 1.91. The molecule has 1 heterocycles. The molecule has 0 bridgehead atoms. The minimum Gasteiger partial charge on any atom is -0.314 e. The number of nitrogens with one attached hydrogen (secondary N) is 1. The molecule has 3 unspecified atom stereocenters. The first-order valence-corrected chi connectivity index (χ1v) is 7.88. The standard InChI is InChI=1S/C11H21NO2S/c1-2-12-11-5-3-4-10(11)9-6-7-15(13,14)8-9/h9-12H,2-8H2,1H3. The van der Waals surface area contributed by atoms with Crippen LogP contribution in [0.5, 0.6) is 0 Å². The molecule has 3 nitrogen and oxygen atoms in total. The molecule has 2 aliphatic rings. The van der Waals surface area contributed by atoms with E-state index in [1.165, 1.54) is 19.3 Å². The minimum atomic E-state index is -2.70. The van der Waals surface area contributed by atoms with E-state index in [0.29, 0.717) is 29.4 Å². The second-order valence-corrected chi connectivity index (χ2v) is 7.15. The molecule has 0 amide bonds. The third kappa shape index (κ3) is 2.53. The van der Waals surface area contributed by atoms with E-state index in [-0.39, 0.29) is 0 Å². The fraction of sp³-hybridized carbons (Fsp3) is 1.00. The number of hydrogen-bond donors (Lipinski definition) is 1. The van der Waals surface area contributed by atoms with E-state index in [0.717, 1.165) is 13.0 Å². The highest BCUT2D eigenvalue weighted by Crippen LogP contribution is 2.37. The van der Waals surface area contributed by atoms with Gasteiger partial charge in [0.05, 0.1) is 11.5 Å². The first-order valence-electron chi connectivity index (χ1n) is 6.06. The maximum atomic E-state index is 11.4. The molecule has 2 rings (SSSR count). The van der Waals surface area contributed by atoms with Crippen molar-refractivity contribution in [2.45, 2.75) is 38.6 Å². The average Bonchev–Trinajstić information content (AvgIpc) is 2.72. The number of sulfone groups is 1. The molecule has 0 radical (unpaired) electrons. The van der Waals surface area contributed by atoms with Crippen molar-refractivity contribution >= 4 is 9.84 Å². The molecular weight excluding hydrogens is 210 g/mol. The lowest BCUT2D eigenvalue weighted by Gasteiger charge is -2.25. The molecular formula is C11H21NO2S. The van der Waals surface area contributed by atoms with Crippen molar-refractivity contribution in [2.24, 2.45) is 11.8 Å². The Bertz CT molecular complexity index is 313. The summed E-state index contributed by atoms with van der Waals surface area (Å²) in [5.41, 5.74) is 0. The lowest BCUT2D eigenvalue weighted by Crippen LogP contribution is -2.36. The van der Waals surface area contributed by atoms with Crippen LogP contribution in [0, 0.1) is 11.8 Å². The van der Waals surface area contributed by atoms with E-state index in [9.17, 15) is 8.42 Å². The van der Waals surface area contributed by atoms with Crippen molar-refractivity contribution in [3.63, 3.8) is 0 Å². The lowest BCUT2D eigenvalue weighted by atomic mass is 9.87. The summed E-state index contributed by atoms with van der Waals surface area (Å²) in [6.07, 6.45) is 4.61. The molecule has 3 atom stereocenters. The van der Waals surface area contributed by atoms with E-state index >= 15 is 0 Å². The average molecular weight is 231 g/mol. The van der Waals surface area contributed by atoms with Crippen LogP contribution in [0.25, 0.3) is 0 Å². The summed E-state index contributed by atoms with van der Waals surface area (Å²) in [5, 5.41) is 3.50. The molecule has 15 heavy (non-hydrogen) atoms. The quantitative estimate of drug-likeness (QED) is 0.794. The Labute approximate surface area is 92.6 Å². The van der Waals surface area contributed by atoms with Gasteiger partial charge in [-0.1, -0.05) is 13.3 Å². The van der Waals surface area contributed by atoms with Gasteiger partial charge < -0.3 is 5.32 Å². The molecule has 1 saturated heterocycles. The minimum absolute atomic E-state index is 0.424. The molecule has 0 aromatic heterocycles. The topological polar surface area (TPSA) is 46.2 Å². The SMILES string of the molecule is CCNC1CCCC1C1CCS(=O)(=O)C1. The highest BCUT2D eigenvalue weighted by atomic mass is 32.2. The van der Waals surface area contributed by atoms with Gasteiger partial charge in [-0.25, -0.2) is 8.42 Å². The van der Waals surface area contributed by atoms with Crippen LogP contribution in [-0.4, -0.2) is 32.5 Å². The fourth-order valence-electron chi connectivity index (χ4n) is 3.23. The fourth-order valence-corrected chi connectivity index (χ4v) is 5.12. The zero-order chi connectivity index (χ0) is 10.9. The molecule has 0 aromatic carbocycles. The molecule has 88 valence electrons. The van der Waals surface area contributed by atoms with Crippen molar-refractivity contribution in [3.05, 3.63) is 0 Å². The van der Waals surface area contributed by atoms with Crippen molar-refractivity contribution in [2.75, 3.05) is 18.1 Å². The van der Waals surface area contributed by atoms with Crippen LogP contribution < -0.4 is 5.32 Å². The second kappa shape index (κ2) is 4.42. The molecule has 0 spiro atoms. The second-order valence-electron chi connectivity index (χ2n) is 4.92. The summed E-state index contributed by atoms with van der Waals surface area (Å²) in [7, 11) is -2.70. The van der Waals surface area contributed by atoms with Crippen molar-refractivity contribution < 1.29 is 8.42 Å². The molecule has 4 heteroatoms. The molecule has 0 aromatic rings. The monoisotopic (exact) mass is 231 g/mol. The largest absolute Gasteiger partial charge is 0.314 e. The van der Waals surface area contributed by atoms with E-state index in [1.54, 1.807) is 0 Å². The van der Waals surface area contributed by atoms with E-state index in [2.05, 4.69) is 12.2 Å². The van der Waals surface area contributed by atoms with E-state index < -0.39 is 9.84 Å². The van der Waals surface area contributed by atoms with Gasteiger partial charge in [0, 0.05) is 6.04 Å². The number of hydrogen-bond acceptors (Lipinski definition) is 3. The van der Waals surface area contributed by atoms with Gasteiger partial charge >= 0.3 is 0 Å². The van der Waals surface area contributed by atoms with Crippen LogP contribution in [0.15, 0.2) is 0 Å². The van der Waals surface area contributed by atoms with Crippen LogP contribution in [0.4, 0.5) is 0 Å². The van der Waals surface area contributed by atoms with Gasteiger partial charge in [0.15, 0.2) is 9.84 Å². The molecule has 1 aliphatic heterocycles. The molecule has 1 saturated carbocycles. The highest BCUT2D eigenvalue weighted by molar-refractivity contribution is 7.91. The Balaban J connectivity index is 1.98. The van der Waals surface area contributed by atoms with Crippen LogP contribution in [-0.2, 0) is 9.84 Å². The zero-order valence-corrected chi connectivity index (χ0v) is 10.2. The Hall–Kier alpha value is -0.0900. The van der Waals surface area contributed by atoms with Gasteiger partial charge in [-0.05, 0) is 37.6 Å². The Morgan fingerprint density at radius 1 is 1.27 bits per heavy atom. The smallest absolute Gasteiger partial charge is 0.150 e. The Kier molecular flexibility index (Phi) is 3.36. The third-order valence-electron chi connectivity index (χ3n) is 3.91.